The number of nitrogens with zero attached hydrogens (tertiary/aromatic N) is 4. The first-order valence-corrected chi connectivity index (χ1v) is 10.9. The summed E-state index contributed by atoms with van der Waals surface area (Å²) in [4.78, 5) is 14.5. The number of fused-ring (bicyclic) bond motifs is 1. The quantitative estimate of drug-likeness (QED) is 0.734. The average molecular weight is 399 g/mol. The van der Waals surface area contributed by atoms with Crippen LogP contribution in [-0.2, 0) is 0 Å². The van der Waals surface area contributed by atoms with Gasteiger partial charge in [-0.15, -0.1) is 0 Å². The Balaban J connectivity index is 1.52. The molecule has 2 aromatic rings. The molecule has 3 aliphatic rings. The van der Waals surface area contributed by atoms with E-state index in [1.807, 2.05) is 30.1 Å². The van der Waals surface area contributed by atoms with Crippen molar-refractivity contribution in [1.29, 1.82) is 0 Å². The summed E-state index contributed by atoms with van der Waals surface area (Å²) < 4.78 is 0. The van der Waals surface area contributed by atoms with Crippen molar-refractivity contribution in [2.45, 2.75) is 37.1 Å². The van der Waals surface area contributed by atoms with E-state index in [9.17, 15) is 0 Å². The molecule has 0 saturated carbocycles. The second-order valence-corrected chi connectivity index (χ2v) is 9.35. The molecule has 1 aromatic carbocycles. The lowest BCUT2D eigenvalue weighted by Gasteiger charge is -2.28. The van der Waals surface area contributed by atoms with Crippen molar-refractivity contribution in [3.63, 3.8) is 0 Å². The maximum atomic E-state index is 6.73. The van der Waals surface area contributed by atoms with E-state index in [0.717, 1.165) is 41.2 Å². The van der Waals surface area contributed by atoms with Crippen LogP contribution in [0.25, 0.3) is 0 Å². The van der Waals surface area contributed by atoms with Crippen LogP contribution in [-0.4, -0.2) is 39.9 Å². The van der Waals surface area contributed by atoms with Crippen LogP contribution in [0, 0.1) is 0 Å². The fraction of sp³-hybridized carbons (Fsp3) is 0.429. The number of hydrogen-bond acceptors (Lipinski definition) is 5. The lowest BCUT2D eigenvalue weighted by atomic mass is 9.96. The number of hydrogen-bond donors (Lipinski definition) is 0. The standard InChI is InChI=1S/C21H23ClN4S/c1-14-13-26-20(19(24-21(26)27-14)17-6-2-3-9-23-17)15-7-8-18(16(22)12-15)25-10-4-5-11-25/h2-3,6-9,12,14,19-20H,4-5,10-11,13H2,1H3/t14-,19+,20+/m1/s1. The van der Waals surface area contributed by atoms with Gasteiger partial charge in [0, 0.05) is 31.1 Å². The van der Waals surface area contributed by atoms with E-state index in [0.29, 0.717) is 5.25 Å². The number of anilines is 1. The van der Waals surface area contributed by atoms with Crippen molar-refractivity contribution >= 4 is 34.2 Å². The molecule has 4 nitrogen and oxygen atoms in total. The number of thioether (sulfide) groups is 1. The minimum atomic E-state index is 0.0231. The van der Waals surface area contributed by atoms with Crippen molar-refractivity contribution in [3.8, 4) is 0 Å². The van der Waals surface area contributed by atoms with Gasteiger partial charge in [0.1, 0.15) is 6.04 Å². The van der Waals surface area contributed by atoms with Crippen LogP contribution in [0.4, 0.5) is 5.69 Å². The predicted octanol–water partition coefficient (Wildman–Crippen LogP) is 4.92. The number of aliphatic imine (C=N–C) groups is 1. The molecule has 0 unspecified atom stereocenters. The van der Waals surface area contributed by atoms with Crippen LogP contribution in [0.2, 0.25) is 5.02 Å². The summed E-state index contributed by atoms with van der Waals surface area (Å²) in [5.41, 5.74) is 3.42. The fourth-order valence-electron chi connectivity index (χ4n) is 4.40. The van der Waals surface area contributed by atoms with E-state index < -0.39 is 0 Å². The minimum Gasteiger partial charge on any atom is -0.370 e. The third kappa shape index (κ3) is 3.11. The summed E-state index contributed by atoms with van der Waals surface area (Å²) in [5, 5.41) is 2.56. The van der Waals surface area contributed by atoms with Gasteiger partial charge in [-0.05, 0) is 42.7 Å². The maximum absolute atomic E-state index is 6.73. The number of rotatable bonds is 3. The van der Waals surface area contributed by atoms with Crippen LogP contribution >= 0.6 is 23.4 Å². The van der Waals surface area contributed by atoms with Gasteiger partial charge in [0.2, 0.25) is 0 Å². The topological polar surface area (TPSA) is 31.7 Å². The van der Waals surface area contributed by atoms with Crippen molar-refractivity contribution in [1.82, 2.24) is 9.88 Å². The van der Waals surface area contributed by atoms with Gasteiger partial charge < -0.3 is 9.80 Å². The maximum Gasteiger partial charge on any atom is 0.160 e. The van der Waals surface area contributed by atoms with Gasteiger partial charge in [-0.1, -0.05) is 42.4 Å². The fourth-order valence-corrected chi connectivity index (χ4v) is 5.80. The molecule has 0 spiro atoms. The number of halogens is 1. The molecular formula is C21H23ClN4S. The largest absolute Gasteiger partial charge is 0.370 e. The molecule has 5 rings (SSSR count). The van der Waals surface area contributed by atoms with Crippen molar-refractivity contribution in [2.24, 2.45) is 4.99 Å². The lowest BCUT2D eigenvalue weighted by molar-refractivity contribution is 0.321. The van der Waals surface area contributed by atoms with Gasteiger partial charge in [-0.3, -0.25) is 9.98 Å². The second kappa shape index (κ2) is 7.02. The van der Waals surface area contributed by atoms with Crippen molar-refractivity contribution in [3.05, 3.63) is 58.9 Å². The molecule has 0 aliphatic carbocycles. The molecule has 0 amide bonds. The predicted molar refractivity (Wildman–Crippen MR) is 114 cm³/mol. The monoisotopic (exact) mass is 398 g/mol. The zero-order valence-corrected chi connectivity index (χ0v) is 17.0. The third-order valence-corrected chi connectivity index (χ3v) is 7.05. The SMILES string of the molecule is C[C@@H]1CN2C(=N[C@@H](c3ccccn3)[C@@H]2c2ccc(N3CCCC3)c(Cl)c2)S1. The van der Waals surface area contributed by atoms with Crippen molar-refractivity contribution in [2.75, 3.05) is 24.5 Å². The Labute approximate surface area is 169 Å². The normalized spacial score (nSPS) is 27.2. The molecule has 1 aromatic heterocycles. The molecule has 4 heterocycles. The Kier molecular flexibility index (Phi) is 4.52. The molecule has 0 radical (unpaired) electrons. The summed E-state index contributed by atoms with van der Waals surface area (Å²) >= 11 is 8.60. The molecule has 6 heteroatoms. The van der Waals surface area contributed by atoms with Gasteiger partial charge in [0.05, 0.1) is 22.4 Å². The average Bonchev–Trinajstić information content (AvgIpc) is 3.38. The minimum absolute atomic E-state index is 0.0231. The zero-order chi connectivity index (χ0) is 18.4. The van der Waals surface area contributed by atoms with Crippen LogP contribution in [0.15, 0.2) is 47.6 Å². The highest BCUT2D eigenvalue weighted by atomic mass is 35.5. The third-order valence-electron chi connectivity index (χ3n) is 5.64. The number of amidine groups is 1. The summed E-state index contributed by atoms with van der Waals surface area (Å²) in [6.07, 6.45) is 4.36. The molecule has 0 N–H and O–H groups in total. The summed E-state index contributed by atoms with van der Waals surface area (Å²) in [5.74, 6) is 0. The molecule has 2 fully saturated rings. The van der Waals surface area contributed by atoms with Crippen LogP contribution in [0.3, 0.4) is 0 Å². The van der Waals surface area contributed by atoms with Crippen LogP contribution in [0.1, 0.15) is 43.1 Å². The first-order valence-electron chi connectivity index (χ1n) is 9.67. The van der Waals surface area contributed by atoms with Crippen molar-refractivity contribution < 1.29 is 0 Å². The van der Waals surface area contributed by atoms with Gasteiger partial charge in [-0.25, -0.2) is 0 Å². The first-order chi connectivity index (χ1) is 13.2. The van der Waals surface area contributed by atoms with E-state index in [-0.39, 0.29) is 12.1 Å². The van der Waals surface area contributed by atoms with E-state index in [4.69, 9.17) is 16.6 Å². The van der Waals surface area contributed by atoms with Crippen LogP contribution in [0.5, 0.6) is 0 Å². The molecule has 3 atom stereocenters. The smallest absolute Gasteiger partial charge is 0.160 e. The highest BCUT2D eigenvalue weighted by Gasteiger charge is 2.43. The molecule has 3 aliphatic heterocycles. The Morgan fingerprint density at radius 1 is 1.15 bits per heavy atom. The lowest BCUT2D eigenvalue weighted by Crippen LogP contribution is -2.28. The second-order valence-electron chi connectivity index (χ2n) is 7.54. The van der Waals surface area contributed by atoms with E-state index in [1.54, 1.807) is 0 Å². The van der Waals surface area contributed by atoms with Gasteiger partial charge >= 0.3 is 0 Å². The molecular weight excluding hydrogens is 376 g/mol. The van der Waals surface area contributed by atoms with Gasteiger partial charge in [0.25, 0.3) is 0 Å². The summed E-state index contributed by atoms with van der Waals surface area (Å²) in [6.45, 7) is 5.49. The van der Waals surface area contributed by atoms with E-state index in [1.165, 1.54) is 18.4 Å². The zero-order valence-electron chi connectivity index (χ0n) is 15.4. The number of pyridine rings is 1. The Morgan fingerprint density at radius 3 is 2.74 bits per heavy atom. The Morgan fingerprint density at radius 2 is 2.00 bits per heavy atom. The Bertz CT molecular complexity index is 866. The van der Waals surface area contributed by atoms with Gasteiger partial charge in [-0.2, -0.15) is 0 Å². The molecule has 0 bridgehead atoms. The highest BCUT2D eigenvalue weighted by molar-refractivity contribution is 8.14. The van der Waals surface area contributed by atoms with Gasteiger partial charge in [0.15, 0.2) is 5.17 Å². The number of aromatic nitrogens is 1. The van der Waals surface area contributed by atoms with E-state index >= 15 is 0 Å². The first kappa shape index (κ1) is 17.4. The highest BCUT2D eigenvalue weighted by Crippen LogP contribution is 2.48. The van der Waals surface area contributed by atoms with E-state index in [2.05, 4.69) is 46.0 Å². The summed E-state index contributed by atoms with van der Waals surface area (Å²) in [6, 6.07) is 12.9. The Hall–Kier alpha value is -1.72. The summed E-state index contributed by atoms with van der Waals surface area (Å²) in [7, 11) is 0. The van der Waals surface area contributed by atoms with Crippen LogP contribution < -0.4 is 4.90 Å². The molecule has 140 valence electrons. The number of benzene rings is 1. The molecule has 27 heavy (non-hydrogen) atoms. The molecule has 2 saturated heterocycles.